The van der Waals surface area contributed by atoms with Crippen LogP contribution < -0.4 is 15.5 Å². The Balaban J connectivity index is 1.23. The lowest BCUT2D eigenvalue weighted by atomic mass is 9.96. The summed E-state index contributed by atoms with van der Waals surface area (Å²) in [7, 11) is 0. The van der Waals surface area contributed by atoms with Crippen LogP contribution in [0.2, 0.25) is 0 Å². The Bertz CT molecular complexity index is 3030. The SMILES string of the molecule is C=C/C(=C\C=C(/C/C(C)=C/C=c1/oc2ccccc2c1=C)c1ccccc1)c1ccc(N(C(=C)c2ccccc2/C=C\C)/C(=C/C=C(\C)c2cccc3ccccc23)CC)cc1. The molecule has 1 heterocycles. The smallest absolute Gasteiger partial charge is 0.135 e. The predicted molar refractivity (Wildman–Crippen MR) is 271 cm³/mol. The maximum absolute atomic E-state index is 6.11. The molecule has 0 atom stereocenters. The van der Waals surface area contributed by atoms with Crippen molar-refractivity contribution in [3.8, 4) is 0 Å². The van der Waals surface area contributed by atoms with Gasteiger partial charge in [0, 0.05) is 33.2 Å². The van der Waals surface area contributed by atoms with E-state index in [4.69, 9.17) is 11.0 Å². The minimum absolute atomic E-state index is 0.763. The van der Waals surface area contributed by atoms with E-state index in [-0.39, 0.29) is 0 Å². The van der Waals surface area contributed by atoms with Crippen LogP contribution in [0, 0.1) is 0 Å². The molecule has 2 heteroatoms. The van der Waals surface area contributed by atoms with Crippen molar-refractivity contribution in [2.45, 2.75) is 40.5 Å². The molecule has 1 aromatic heterocycles. The van der Waals surface area contributed by atoms with E-state index in [2.05, 4.69) is 210 Å². The third-order valence-corrected chi connectivity index (χ3v) is 11.3. The lowest BCUT2D eigenvalue weighted by Gasteiger charge is -2.30. The molecule has 0 saturated heterocycles. The highest BCUT2D eigenvalue weighted by atomic mass is 16.3. The zero-order valence-electron chi connectivity index (χ0n) is 36.4. The van der Waals surface area contributed by atoms with Crippen molar-refractivity contribution < 1.29 is 4.42 Å². The fourth-order valence-corrected chi connectivity index (χ4v) is 7.95. The maximum atomic E-state index is 6.11. The number of furan rings is 1. The molecule has 0 amide bonds. The van der Waals surface area contributed by atoms with Crippen molar-refractivity contribution in [2.75, 3.05) is 4.90 Å². The van der Waals surface area contributed by atoms with Crippen LogP contribution in [0.15, 0.2) is 217 Å². The van der Waals surface area contributed by atoms with Crippen LogP contribution in [-0.4, -0.2) is 0 Å². The standard InChI is InChI=1S/C60H55NO/c1-8-21-50-24-14-16-28-57(50)46(7)61(53(10-3)38-33-44(5)55-30-20-26-51-25-15-17-29-58(51)55)54-39-36-49(37-40-54)47(9-2)34-35-52(48-22-12-11-13-23-48)42-43(4)32-41-59-45(6)56-27-18-19-31-60(56)62-59/h8-9,11-41H,2,6-7,10,42H2,1,3-5H3/b21-8-,43-32+,44-33+,47-34+,52-35+,53-38+,59-41+. The third kappa shape index (κ3) is 9.78. The number of anilines is 1. The zero-order valence-corrected chi connectivity index (χ0v) is 36.4. The number of hydrogen-bond acceptors (Lipinski definition) is 2. The second-order valence-electron chi connectivity index (χ2n) is 15.5. The van der Waals surface area contributed by atoms with E-state index in [9.17, 15) is 0 Å². The Labute approximate surface area is 367 Å². The summed E-state index contributed by atoms with van der Waals surface area (Å²) in [6.07, 6.45) is 20.8. The molecule has 0 unspecified atom stereocenters. The van der Waals surface area contributed by atoms with Crippen molar-refractivity contribution in [3.63, 3.8) is 0 Å². The largest absolute Gasteiger partial charge is 0.456 e. The molecule has 0 aliphatic carbocycles. The summed E-state index contributed by atoms with van der Waals surface area (Å²) in [6, 6.07) is 50.9. The molecule has 0 radical (unpaired) electrons. The van der Waals surface area contributed by atoms with Crippen LogP contribution in [-0.2, 0) is 0 Å². The minimum Gasteiger partial charge on any atom is -0.456 e. The van der Waals surface area contributed by atoms with Crippen molar-refractivity contribution in [1.29, 1.82) is 0 Å². The van der Waals surface area contributed by atoms with E-state index >= 15 is 0 Å². The molecule has 0 saturated carbocycles. The van der Waals surface area contributed by atoms with Gasteiger partial charge in [0.2, 0.25) is 0 Å². The highest BCUT2D eigenvalue weighted by Crippen LogP contribution is 2.35. The van der Waals surface area contributed by atoms with Gasteiger partial charge >= 0.3 is 0 Å². The predicted octanol–water partition coefficient (Wildman–Crippen LogP) is 15.4. The van der Waals surface area contributed by atoms with Gasteiger partial charge < -0.3 is 9.32 Å². The van der Waals surface area contributed by atoms with Crippen LogP contribution in [0.25, 0.3) is 62.9 Å². The normalized spacial score (nSPS) is 13.4. The number of allylic oxidation sites excluding steroid dienone is 12. The molecule has 0 fully saturated rings. The average Bonchev–Trinajstić information content (AvgIpc) is 3.64. The van der Waals surface area contributed by atoms with Crippen LogP contribution in [0.3, 0.4) is 0 Å². The molecular weight excluding hydrogens is 751 g/mol. The van der Waals surface area contributed by atoms with Gasteiger partial charge in [0.25, 0.3) is 0 Å². The first-order chi connectivity index (χ1) is 30.3. The monoisotopic (exact) mass is 805 g/mol. The van der Waals surface area contributed by atoms with Gasteiger partial charge in [-0.15, -0.1) is 0 Å². The quantitative estimate of drug-likeness (QED) is 0.0960. The summed E-state index contributed by atoms with van der Waals surface area (Å²) in [5.41, 5.74) is 15.1. The summed E-state index contributed by atoms with van der Waals surface area (Å²) >= 11 is 0. The van der Waals surface area contributed by atoms with E-state index < -0.39 is 0 Å². The van der Waals surface area contributed by atoms with Crippen LogP contribution in [0.1, 0.15) is 68.4 Å². The molecule has 2 nitrogen and oxygen atoms in total. The summed E-state index contributed by atoms with van der Waals surface area (Å²) < 4.78 is 6.11. The van der Waals surface area contributed by atoms with Gasteiger partial charge in [0.15, 0.2) is 0 Å². The molecule has 6 aromatic carbocycles. The number of nitrogens with zero attached hydrogens (tertiary/aromatic N) is 1. The summed E-state index contributed by atoms with van der Waals surface area (Å²) in [5, 5.41) is 4.44. The number of benzene rings is 6. The van der Waals surface area contributed by atoms with Gasteiger partial charge in [-0.3, -0.25) is 0 Å². The summed E-state index contributed by atoms with van der Waals surface area (Å²) in [6.45, 7) is 21.9. The molecule has 0 N–H and O–H groups in total. The lowest BCUT2D eigenvalue weighted by Crippen LogP contribution is -2.20. The molecule has 0 bridgehead atoms. The van der Waals surface area contributed by atoms with E-state index in [1.54, 1.807) is 0 Å². The molecule has 306 valence electrons. The van der Waals surface area contributed by atoms with E-state index in [1.807, 2.05) is 36.4 Å². The third-order valence-electron chi connectivity index (χ3n) is 11.3. The van der Waals surface area contributed by atoms with Gasteiger partial charge in [-0.2, -0.15) is 0 Å². The maximum Gasteiger partial charge on any atom is 0.135 e. The Morgan fingerprint density at radius 3 is 2.08 bits per heavy atom. The van der Waals surface area contributed by atoms with Crippen LogP contribution in [0.5, 0.6) is 0 Å². The second-order valence-corrected chi connectivity index (χ2v) is 15.5. The molecule has 0 aliphatic rings. The minimum atomic E-state index is 0.763. The van der Waals surface area contributed by atoms with Crippen molar-refractivity contribution in [1.82, 2.24) is 0 Å². The van der Waals surface area contributed by atoms with Crippen molar-refractivity contribution >= 4 is 68.6 Å². The molecule has 7 aromatic rings. The van der Waals surface area contributed by atoms with Gasteiger partial charge in [-0.25, -0.2) is 0 Å². The van der Waals surface area contributed by atoms with Crippen molar-refractivity contribution in [2.24, 2.45) is 0 Å². The van der Waals surface area contributed by atoms with Gasteiger partial charge in [-0.05, 0) is 114 Å². The molecule has 0 spiro atoms. The van der Waals surface area contributed by atoms with Gasteiger partial charge in [-0.1, -0.05) is 202 Å². The van der Waals surface area contributed by atoms with Gasteiger partial charge in [0.1, 0.15) is 11.0 Å². The summed E-state index contributed by atoms with van der Waals surface area (Å²) in [5.74, 6) is 0. The molecule has 7 rings (SSSR count). The topological polar surface area (TPSA) is 16.4 Å². The highest BCUT2D eigenvalue weighted by Gasteiger charge is 2.18. The number of rotatable bonds is 15. The van der Waals surface area contributed by atoms with E-state index in [1.165, 1.54) is 38.6 Å². The molecule has 62 heavy (non-hydrogen) atoms. The summed E-state index contributed by atoms with van der Waals surface area (Å²) in [4.78, 5) is 2.30. The number of para-hydroxylation sites is 1. The second kappa shape index (κ2) is 20.2. The Morgan fingerprint density at radius 2 is 1.34 bits per heavy atom. The fourth-order valence-electron chi connectivity index (χ4n) is 7.95. The number of fused-ring (bicyclic) bond motifs is 2. The molecular formula is C60H55NO. The van der Waals surface area contributed by atoms with Crippen molar-refractivity contribution in [3.05, 3.63) is 251 Å². The first-order valence-electron chi connectivity index (χ1n) is 21.4. The Hall–Kier alpha value is -7.42. The van der Waals surface area contributed by atoms with Crippen LogP contribution in [0.4, 0.5) is 5.69 Å². The number of hydrogen-bond donors (Lipinski definition) is 0. The average molecular weight is 806 g/mol. The van der Waals surface area contributed by atoms with Gasteiger partial charge in [0.05, 0.1) is 0 Å². The van der Waals surface area contributed by atoms with Crippen LogP contribution >= 0.6 is 0 Å². The van der Waals surface area contributed by atoms with E-state index in [0.29, 0.717) is 0 Å². The Kier molecular flexibility index (Phi) is 13.9. The highest BCUT2D eigenvalue weighted by molar-refractivity contribution is 5.94. The lowest BCUT2D eigenvalue weighted by molar-refractivity contribution is 0.576. The first-order valence-corrected chi connectivity index (χ1v) is 21.4. The molecule has 0 aliphatic heterocycles. The zero-order chi connectivity index (χ0) is 43.4. The first kappa shape index (κ1) is 42.7. The fraction of sp³-hybridized carbons (Fsp3) is 0.100. The van der Waals surface area contributed by atoms with E-state index in [0.717, 1.165) is 73.8 Å². The Morgan fingerprint density at radius 1 is 0.661 bits per heavy atom.